The quantitative estimate of drug-likeness (QED) is 0.200. The Morgan fingerprint density at radius 2 is 1.88 bits per heavy atom. The first-order chi connectivity index (χ1) is 16.3. The Bertz CT molecular complexity index is 1250. The molecule has 0 spiro atoms. The van der Waals surface area contributed by atoms with Crippen LogP contribution in [0, 0.1) is 10.6 Å². The molecule has 1 saturated heterocycles. The molecular weight excluding hydrogens is 428 g/mol. The predicted octanol–water partition coefficient (Wildman–Crippen LogP) is 3.69. The van der Waals surface area contributed by atoms with Crippen LogP contribution >= 0.6 is 0 Å². The molecule has 2 unspecified atom stereocenters. The number of esters is 1. The van der Waals surface area contributed by atoms with Gasteiger partial charge >= 0.3 is 5.97 Å². The van der Waals surface area contributed by atoms with Crippen LogP contribution in [0.25, 0.3) is 10.8 Å². The summed E-state index contributed by atoms with van der Waals surface area (Å²) in [6.07, 6.45) is 1.70. The van der Waals surface area contributed by atoms with Crippen molar-refractivity contribution in [1.82, 2.24) is 9.55 Å². The van der Waals surface area contributed by atoms with E-state index in [9.17, 15) is 10.0 Å². The number of quaternary nitrogens is 1. The lowest BCUT2D eigenvalue weighted by molar-refractivity contribution is -0.156. The third-order valence-electron chi connectivity index (χ3n) is 7.23. The molecule has 3 N–H and O–H groups in total. The highest BCUT2D eigenvalue weighted by atomic mass is 16.6. The van der Waals surface area contributed by atoms with Crippen LogP contribution in [0.4, 0.5) is 5.69 Å². The third-order valence-corrected chi connectivity index (χ3v) is 7.23. The fourth-order valence-electron chi connectivity index (χ4n) is 5.26. The van der Waals surface area contributed by atoms with E-state index in [-0.39, 0.29) is 18.5 Å². The minimum Gasteiger partial charge on any atom is -0.626 e. The molecule has 0 aromatic heterocycles. The number of piperidine rings is 1. The van der Waals surface area contributed by atoms with Crippen molar-refractivity contribution in [3.8, 4) is 0 Å². The van der Waals surface area contributed by atoms with Crippen molar-refractivity contribution in [3.63, 3.8) is 0 Å². The first-order valence-electron chi connectivity index (χ1n) is 11.8. The lowest BCUT2D eigenvalue weighted by atomic mass is 10.0. The highest BCUT2D eigenvalue weighted by Crippen LogP contribution is 2.42. The summed E-state index contributed by atoms with van der Waals surface area (Å²) in [5, 5.41) is 24.6. The maximum absolute atomic E-state index is 14.7. The number of benzene rings is 3. The minimum absolute atomic E-state index is 0.100. The van der Waals surface area contributed by atoms with E-state index in [4.69, 9.17) is 15.9 Å². The molecular formula is C27H30N4O3. The summed E-state index contributed by atoms with van der Waals surface area (Å²) < 4.78 is 5.07. The average molecular weight is 459 g/mol. The minimum atomic E-state index is -0.893. The number of carbonyl (C=O) groups excluding carboxylic acids is 1. The summed E-state index contributed by atoms with van der Waals surface area (Å²) in [6, 6.07) is 18.2. The molecule has 2 aliphatic rings. The Morgan fingerprint density at radius 1 is 1.15 bits per heavy atom. The SMILES string of the molecule is CN1CCC(OC(=O)C2Cc3ccc(C(=N)N)cc3[N+]2([O-])Cc2cccc3ccccc23)CC1. The normalized spacial score (nSPS) is 23.1. The number of likely N-dealkylation sites (tertiary alicyclic amines) is 1. The molecule has 0 radical (unpaired) electrons. The van der Waals surface area contributed by atoms with Crippen LogP contribution < -0.4 is 10.4 Å². The number of nitrogens with two attached hydrogens (primary N) is 1. The maximum Gasteiger partial charge on any atom is 0.366 e. The zero-order valence-corrected chi connectivity index (χ0v) is 19.4. The van der Waals surface area contributed by atoms with Gasteiger partial charge in [-0.25, -0.2) is 4.79 Å². The van der Waals surface area contributed by atoms with Crippen LogP contribution in [-0.4, -0.2) is 49.0 Å². The second-order valence-corrected chi connectivity index (χ2v) is 9.51. The molecule has 3 aromatic rings. The summed E-state index contributed by atoms with van der Waals surface area (Å²) in [4.78, 5) is 15.6. The van der Waals surface area contributed by atoms with Crippen LogP contribution in [0.3, 0.4) is 0 Å². The summed E-state index contributed by atoms with van der Waals surface area (Å²) in [5.41, 5.74) is 8.40. The summed E-state index contributed by atoms with van der Waals surface area (Å²) in [5.74, 6) is -0.540. The Morgan fingerprint density at radius 3 is 2.65 bits per heavy atom. The van der Waals surface area contributed by atoms with Gasteiger partial charge < -0.3 is 25.2 Å². The molecule has 2 atom stereocenters. The number of hydrogen-bond donors (Lipinski definition) is 2. The third kappa shape index (κ3) is 4.07. The van der Waals surface area contributed by atoms with Gasteiger partial charge in [-0.2, -0.15) is 0 Å². The van der Waals surface area contributed by atoms with E-state index >= 15 is 0 Å². The first-order valence-corrected chi connectivity index (χ1v) is 11.8. The molecule has 2 heterocycles. The molecule has 3 aromatic carbocycles. The number of nitrogen functional groups attached to an aromatic ring is 1. The smallest absolute Gasteiger partial charge is 0.366 e. The fraction of sp³-hybridized carbons (Fsp3) is 0.333. The largest absolute Gasteiger partial charge is 0.626 e. The maximum atomic E-state index is 14.7. The van der Waals surface area contributed by atoms with Crippen molar-refractivity contribution >= 4 is 28.3 Å². The summed E-state index contributed by atoms with van der Waals surface area (Å²) >= 11 is 0. The Kier molecular flexibility index (Phi) is 5.85. The van der Waals surface area contributed by atoms with Crippen molar-refractivity contribution in [1.29, 1.82) is 5.41 Å². The predicted molar refractivity (Wildman–Crippen MR) is 134 cm³/mol. The van der Waals surface area contributed by atoms with Crippen molar-refractivity contribution < 1.29 is 9.53 Å². The molecule has 2 aliphatic heterocycles. The Balaban J connectivity index is 1.53. The van der Waals surface area contributed by atoms with E-state index in [0.717, 1.165) is 47.8 Å². The molecule has 5 rings (SSSR count). The zero-order valence-electron chi connectivity index (χ0n) is 19.4. The Labute approximate surface area is 199 Å². The number of fused-ring (bicyclic) bond motifs is 2. The lowest BCUT2D eigenvalue weighted by Gasteiger charge is -2.43. The van der Waals surface area contributed by atoms with Crippen LogP contribution in [0.5, 0.6) is 0 Å². The Hall–Kier alpha value is -3.26. The zero-order chi connectivity index (χ0) is 23.9. The van der Waals surface area contributed by atoms with Crippen LogP contribution in [0.1, 0.15) is 29.5 Å². The number of ether oxygens (including phenoxy) is 1. The van der Waals surface area contributed by atoms with Crippen LogP contribution in [0.2, 0.25) is 0 Å². The molecule has 0 aliphatic carbocycles. The highest BCUT2D eigenvalue weighted by Gasteiger charge is 2.47. The van der Waals surface area contributed by atoms with E-state index in [2.05, 4.69) is 11.9 Å². The van der Waals surface area contributed by atoms with E-state index < -0.39 is 16.7 Å². The van der Waals surface area contributed by atoms with Gasteiger partial charge in [0.05, 0.1) is 0 Å². The summed E-state index contributed by atoms with van der Waals surface area (Å²) in [7, 11) is 2.06. The number of carbonyl (C=O) groups is 1. The standard InChI is InChI=1S/C27H30N4O3/c1-30-13-11-22(12-14-30)34-27(32)25-15-19-9-10-20(26(28)29)16-24(19)31(25,33)17-21-7-4-6-18-5-2-3-8-23(18)21/h2-10,16,22,25H,11-15,17H2,1H3,(H3,28,29). The molecule has 7 heteroatoms. The second-order valence-electron chi connectivity index (χ2n) is 9.51. The molecule has 1 fully saturated rings. The van der Waals surface area contributed by atoms with Gasteiger partial charge in [0.25, 0.3) is 0 Å². The number of hydroxylamine groups is 2. The number of amidine groups is 1. The lowest BCUT2D eigenvalue weighted by Crippen LogP contribution is -2.54. The van der Waals surface area contributed by atoms with Crippen molar-refractivity contribution in [2.24, 2.45) is 5.73 Å². The topological polar surface area (TPSA) is 102 Å². The van der Waals surface area contributed by atoms with Gasteiger partial charge in [0, 0.05) is 42.3 Å². The van der Waals surface area contributed by atoms with Gasteiger partial charge in [-0.05, 0) is 30.7 Å². The number of nitrogens with zero attached hydrogens (tertiary/aromatic N) is 2. The molecule has 0 saturated carbocycles. The van der Waals surface area contributed by atoms with E-state index in [1.165, 1.54) is 0 Å². The van der Waals surface area contributed by atoms with Gasteiger partial charge in [0.15, 0.2) is 6.04 Å². The van der Waals surface area contributed by atoms with Crippen LogP contribution in [-0.2, 0) is 22.5 Å². The van der Waals surface area contributed by atoms with Gasteiger partial charge in [0.2, 0.25) is 0 Å². The first kappa shape index (κ1) is 22.5. The van der Waals surface area contributed by atoms with Gasteiger partial charge in [-0.1, -0.05) is 54.6 Å². The fourth-order valence-corrected chi connectivity index (χ4v) is 5.26. The summed E-state index contributed by atoms with van der Waals surface area (Å²) in [6.45, 7) is 1.85. The van der Waals surface area contributed by atoms with E-state index in [0.29, 0.717) is 17.7 Å². The average Bonchev–Trinajstić information content (AvgIpc) is 3.12. The number of nitrogens with one attached hydrogen (secondary N) is 1. The van der Waals surface area contributed by atoms with Gasteiger partial charge in [-0.15, -0.1) is 0 Å². The highest BCUT2D eigenvalue weighted by molar-refractivity contribution is 5.96. The molecule has 34 heavy (non-hydrogen) atoms. The molecule has 0 amide bonds. The second kappa shape index (κ2) is 8.83. The van der Waals surface area contributed by atoms with E-state index in [1.54, 1.807) is 12.1 Å². The molecule has 176 valence electrons. The van der Waals surface area contributed by atoms with E-state index in [1.807, 2.05) is 48.5 Å². The van der Waals surface area contributed by atoms with Crippen LogP contribution in [0.15, 0.2) is 60.7 Å². The molecule has 0 bridgehead atoms. The monoisotopic (exact) mass is 458 g/mol. The van der Waals surface area contributed by atoms with Crippen molar-refractivity contribution in [3.05, 3.63) is 82.6 Å². The van der Waals surface area contributed by atoms with Gasteiger partial charge in [-0.3, -0.25) is 5.41 Å². The van der Waals surface area contributed by atoms with Gasteiger partial charge in [0.1, 0.15) is 24.2 Å². The van der Waals surface area contributed by atoms with Crippen molar-refractivity contribution in [2.75, 3.05) is 20.1 Å². The van der Waals surface area contributed by atoms with Crippen molar-refractivity contribution in [2.45, 2.75) is 38.0 Å². The number of rotatable bonds is 5. The molecule has 7 nitrogen and oxygen atoms in total. The number of hydrogen-bond acceptors (Lipinski definition) is 5.